The number of rotatable bonds is 5. The Labute approximate surface area is 127 Å². The number of aromatic nitrogens is 1. The lowest BCUT2D eigenvalue weighted by atomic mass is 9.81. The second-order valence-corrected chi connectivity index (χ2v) is 5.94. The first-order valence-electron chi connectivity index (χ1n) is 7.95. The molecule has 21 heavy (non-hydrogen) atoms. The van der Waals surface area contributed by atoms with Gasteiger partial charge in [-0.05, 0) is 38.3 Å². The summed E-state index contributed by atoms with van der Waals surface area (Å²) >= 11 is 0. The lowest BCUT2D eigenvalue weighted by molar-refractivity contribution is -0.0783. The van der Waals surface area contributed by atoms with Crippen LogP contribution < -0.4 is 17.0 Å². The van der Waals surface area contributed by atoms with E-state index in [1.54, 1.807) is 6.20 Å². The zero-order chi connectivity index (χ0) is 15.3. The van der Waals surface area contributed by atoms with Crippen molar-refractivity contribution in [2.24, 2.45) is 5.84 Å². The molecule has 5 N–H and O–H groups in total. The number of pyridine rings is 1. The molecule has 1 atom stereocenters. The standard InChI is InChI=1S/C16H28N4O/c1-3-21-16(9-6-4-5-7-10-16)14(20-18)13-12(2)8-11-19-15(13)17/h8,11,14,20H,3-7,9-10,18H2,1-2H3,(H2,17,19). The van der Waals surface area contributed by atoms with Crippen molar-refractivity contribution in [1.29, 1.82) is 0 Å². The summed E-state index contributed by atoms with van der Waals surface area (Å²) in [5.41, 5.74) is 10.9. The third-order valence-corrected chi connectivity index (χ3v) is 4.60. The Morgan fingerprint density at radius 1 is 1.33 bits per heavy atom. The molecule has 0 bridgehead atoms. The molecule has 5 nitrogen and oxygen atoms in total. The predicted molar refractivity (Wildman–Crippen MR) is 85.5 cm³/mol. The van der Waals surface area contributed by atoms with Gasteiger partial charge >= 0.3 is 0 Å². The van der Waals surface area contributed by atoms with Crippen molar-refractivity contribution >= 4 is 5.82 Å². The lowest BCUT2D eigenvalue weighted by Crippen LogP contribution is -2.49. The van der Waals surface area contributed by atoms with Crippen LogP contribution in [0.15, 0.2) is 12.3 Å². The molecule has 0 amide bonds. The van der Waals surface area contributed by atoms with Gasteiger partial charge in [0.25, 0.3) is 0 Å². The van der Waals surface area contributed by atoms with Gasteiger partial charge < -0.3 is 10.5 Å². The second-order valence-electron chi connectivity index (χ2n) is 5.94. The van der Waals surface area contributed by atoms with E-state index in [-0.39, 0.29) is 11.6 Å². The van der Waals surface area contributed by atoms with Crippen molar-refractivity contribution in [3.05, 3.63) is 23.4 Å². The summed E-state index contributed by atoms with van der Waals surface area (Å²) in [5.74, 6) is 6.47. The molecule has 118 valence electrons. The van der Waals surface area contributed by atoms with Gasteiger partial charge in [-0.1, -0.05) is 25.7 Å². The minimum atomic E-state index is -0.290. The number of hydrogen-bond acceptors (Lipinski definition) is 5. The van der Waals surface area contributed by atoms with Crippen molar-refractivity contribution in [1.82, 2.24) is 10.4 Å². The van der Waals surface area contributed by atoms with Crippen LogP contribution in [-0.2, 0) is 4.74 Å². The number of hydrogen-bond donors (Lipinski definition) is 3. The maximum atomic E-state index is 6.24. The molecule has 1 aromatic heterocycles. The normalized spacial score (nSPS) is 20.0. The third-order valence-electron chi connectivity index (χ3n) is 4.60. The summed E-state index contributed by atoms with van der Waals surface area (Å²) < 4.78 is 6.24. The summed E-state index contributed by atoms with van der Waals surface area (Å²) in [5, 5.41) is 0. The highest BCUT2D eigenvalue weighted by Gasteiger charge is 2.41. The van der Waals surface area contributed by atoms with Crippen molar-refractivity contribution < 1.29 is 4.74 Å². The Kier molecular flexibility index (Phi) is 5.56. The molecule has 0 saturated heterocycles. The zero-order valence-corrected chi connectivity index (χ0v) is 13.2. The van der Waals surface area contributed by atoms with E-state index in [4.69, 9.17) is 16.3 Å². The Balaban J connectivity index is 2.44. The molecule has 2 rings (SSSR count). The van der Waals surface area contributed by atoms with E-state index in [0.29, 0.717) is 12.4 Å². The fraction of sp³-hybridized carbons (Fsp3) is 0.688. The van der Waals surface area contributed by atoms with Crippen molar-refractivity contribution in [3.63, 3.8) is 0 Å². The van der Waals surface area contributed by atoms with E-state index < -0.39 is 0 Å². The molecular weight excluding hydrogens is 264 g/mol. The summed E-state index contributed by atoms with van der Waals surface area (Å²) in [7, 11) is 0. The molecule has 1 aliphatic rings. The van der Waals surface area contributed by atoms with Crippen LogP contribution in [0.25, 0.3) is 0 Å². The highest BCUT2D eigenvalue weighted by molar-refractivity contribution is 5.47. The minimum absolute atomic E-state index is 0.121. The Morgan fingerprint density at radius 2 is 2.00 bits per heavy atom. The number of hydrazine groups is 1. The van der Waals surface area contributed by atoms with Crippen LogP contribution in [0.3, 0.4) is 0 Å². The molecule has 0 radical (unpaired) electrons. The van der Waals surface area contributed by atoms with Gasteiger partial charge in [0.1, 0.15) is 5.82 Å². The smallest absolute Gasteiger partial charge is 0.128 e. The molecule has 1 fully saturated rings. The number of anilines is 1. The summed E-state index contributed by atoms with van der Waals surface area (Å²) in [6.45, 7) is 4.77. The van der Waals surface area contributed by atoms with Gasteiger partial charge in [0.15, 0.2) is 0 Å². The van der Waals surface area contributed by atoms with Gasteiger partial charge in [0.2, 0.25) is 0 Å². The summed E-state index contributed by atoms with van der Waals surface area (Å²) in [6.07, 6.45) is 8.59. The number of nitrogen functional groups attached to an aromatic ring is 1. The van der Waals surface area contributed by atoms with Crippen molar-refractivity contribution in [2.75, 3.05) is 12.3 Å². The van der Waals surface area contributed by atoms with Crippen molar-refractivity contribution in [3.8, 4) is 0 Å². The molecule has 0 spiro atoms. The molecule has 1 saturated carbocycles. The molecule has 1 unspecified atom stereocenters. The van der Waals surface area contributed by atoms with E-state index in [1.165, 1.54) is 12.8 Å². The van der Waals surface area contributed by atoms with Gasteiger partial charge in [-0.15, -0.1) is 0 Å². The summed E-state index contributed by atoms with van der Waals surface area (Å²) in [6, 6.07) is 1.86. The molecule has 1 aliphatic carbocycles. The SMILES string of the molecule is CCOC1(C(NN)c2c(C)ccnc2N)CCCCCC1. The lowest BCUT2D eigenvalue weighted by Gasteiger charge is -2.40. The first-order chi connectivity index (χ1) is 10.1. The van der Waals surface area contributed by atoms with Crippen LogP contribution in [0.2, 0.25) is 0 Å². The van der Waals surface area contributed by atoms with Gasteiger partial charge in [-0.25, -0.2) is 10.4 Å². The largest absolute Gasteiger partial charge is 0.383 e. The molecule has 0 aliphatic heterocycles. The van der Waals surface area contributed by atoms with Crippen molar-refractivity contribution in [2.45, 2.75) is 64.0 Å². The third kappa shape index (κ3) is 3.36. The Hall–Kier alpha value is -1.17. The number of nitrogens with two attached hydrogens (primary N) is 2. The quantitative estimate of drug-likeness (QED) is 0.441. The minimum Gasteiger partial charge on any atom is -0.383 e. The Morgan fingerprint density at radius 3 is 2.52 bits per heavy atom. The number of aryl methyl sites for hydroxylation is 1. The maximum Gasteiger partial charge on any atom is 0.128 e. The average molecular weight is 292 g/mol. The van der Waals surface area contributed by atoms with E-state index in [1.807, 2.05) is 19.9 Å². The van der Waals surface area contributed by atoms with Crippen LogP contribution in [0.5, 0.6) is 0 Å². The number of nitrogens with zero attached hydrogens (tertiary/aromatic N) is 1. The molecule has 5 heteroatoms. The molecule has 0 aromatic carbocycles. The first kappa shape index (κ1) is 16.2. The second kappa shape index (κ2) is 7.20. The van der Waals surface area contributed by atoms with Gasteiger partial charge in [0.05, 0.1) is 11.6 Å². The van der Waals surface area contributed by atoms with Crippen LogP contribution in [0.1, 0.15) is 62.6 Å². The molecular formula is C16H28N4O. The average Bonchev–Trinajstić information content (AvgIpc) is 2.70. The van der Waals surface area contributed by atoms with Crippen LogP contribution in [0, 0.1) is 6.92 Å². The van der Waals surface area contributed by atoms with E-state index in [9.17, 15) is 0 Å². The highest BCUT2D eigenvalue weighted by Crippen LogP contribution is 2.42. The van der Waals surface area contributed by atoms with E-state index in [2.05, 4.69) is 10.4 Å². The first-order valence-corrected chi connectivity index (χ1v) is 7.95. The number of ether oxygens (including phenoxy) is 1. The van der Waals surface area contributed by atoms with E-state index in [0.717, 1.165) is 36.8 Å². The van der Waals surface area contributed by atoms with Crippen LogP contribution in [-0.4, -0.2) is 17.2 Å². The van der Waals surface area contributed by atoms with Crippen LogP contribution in [0.4, 0.5) is 5.82 Å². The van der Waals surface area contributed by atoms with Gasteiger partial charge in [0, 0.05) is 18.4 Å². The monoisotopic (exact) mass is 292 g/mol. The fourth-order valence-corrected chi connectivity index (χ4v) is 3.60. The van der Waals surface area contributed by atoms with E-state index >= 15 is 0 Å². The maximum absolute atomic E-state index is 6.24. The molecule has 1 heterocycles. The predicted octanol–water partition coefficient (Wildman–Crippen LogP) is 2.61. The molecule has 1 aromatic rings. The van der Waals surface area contributed by atoms with Crippen LogP contribution >= 0.6 is 0 Å². The summed E-state index contributed by atoms with van der Waals surface area (Å²) in [4.78, 5) is 4.24. The number of nitrogens with one attached hydrogen (secondary N) is 1. The Bertz CT molecular complexity index is 435. The van der Waals surface area contributed by atoms with Gasteiger partial charge in [-0.2, -0.15) is 0 Å². The topological polar surface area (TPSA) is 86.2 Å². The van der Waals surface area contributed by atoms with Gasteiger partial charge in [-0.3, -0.25) is 5.84 Å². The fourth-order valence-electron chi connectivity index (χ4n) is 3.60. The zero-order valence-electron chi connectivity index (χ0n) is 13.2. The highest BCUT2D eigenvalue weighted by atomic mass is 16.5.